The molecule has 0 aromatic carbocycles. The number of carbonyl (C=O) groups is 1. The lowest BCUT2D eigenvalue weighted by molar-refractivity contribution is 0.0513. The van der Waals surface area contributed by atoms with E-state index in [0.29, 0.717) is 0 Å². The Kier molecular flexibility index (Phi) is 3.89. The van der Waals surface area contributed by atoms with E-state index in [9.17, 15) is 13.6 Å². The maximum absolute atomic E-state index is 12.6. The molecule has 0 aliphatic rings. The number of nitrogens with zero attached hydrogens (tertiary/aromatic N) is 2. The van der Waals surface area contributed by atoms with Crippen LogP contribution in [0.15, 0.2) is 12.3 Å². The monoisotopic (exact) mass is 226 g/mol. The fraction of sp³-hybridized carbons (Fsp3) is 0.300. The van der Waals surface area contributed by atoms with Crippen molar-refractivity contribution in [3.63, 3.8) is 0 Å². The van der Waals surface area contributed by atoms with Gasteiger partial charge in [-0.1, -0.05) is 0 Å². The molecule has 16 heavy (non-hydrogen) atoms. The summed E-state index contributed by atoms with van der Waals surface area (Å²) in [5, 5.41) is 8.71. The van der Waals surface area contributed by atoms with Crippen molar-refractivity contribution in [3.8, 4) is 6.07 Å². The summed E-state index contributed by atoms with van der Waals surface area (Å²) >= 11 is 0. The highest BCUT2D eigenvalue weighted by Gasteiger charge is 2.24. The average Bonchev–Trinajstić information content (AvgIpc) is 2.28. The second-order valence-corrected chi connectivity index (χ2v) is 2.75. The number of carbonyl (C=O) groups excluding carboxylic acids is 1. The number of halogens is 2. The Labute approximate surface area is 90.5 Å². The van der Waals surface area contributed by atoms with Crippen LogP contribution in [0, 0.1) is 11.3 Å². The third-order valence-corrected chi connectivity index (χ3v) is 1.79. The van der Waals surface area contributed by atoms with Crippen LogP contribution in [-0.4, -0.2) is 17.6 Å². The van der Waals surface area contributed by atoms with Crippen molar-refractivity contribution in [2.24, 2.45) is 0 Å². The van der Waals surface area contributed by atoms with Gasteiger partial charge in [0.25, 0.3) is 6.43 Å². The maximum atomic E-state index is 12.6. The zero-order valence-electron chi connectivity index (χ0n) is 8.41. The number of hydrogen-bond donors (Lipinski definition) is 0. The van der Waals surface area contributed by atoms with Crippen LogP contribution in [0.3, 0.4) is 0 Å². The van der Waals surface area contributed by atoms with Gasteiger partial charge >= 0.3 is 5.97 Å². The molecule has 0 saturated carbocycles. The maximum Gasteiger partial charge on any atom is 0.341 e. The Balaban J connectivity index is 3.31. The molecule has 0 fully saturated rings. The fourth-order valence-electron chi connectivity index (χ4n) is 1.15. The number of aromatic nitrogens is 1. The van der Waals surface area contributed by atoms with Gasteiger partial charge in [-0.05, 0) is 13.0 Å². The highest BCUT2D eigenvalue weighted by Crippen LogP contribution is 2.23. The molecule has 0 aliphatic heterocycles. The van der Waals surface area contributed by atoms with E-state index in [1.165, 1.54) is 6.07 Å². The topological polar surface area (TPSA) is 63.0 Å². The number of hydrogen-bond acceptors (Lipinski definition) is 4. The molecule has 0 unspecified atom stereocenters. The van der Waals surface area contributed by atoms with Gasteiger partial charge in [-0.15, -0.1) is 0 Å². The summed E-state index contributed by atoms with van der Waals surface area (Å²) in [6.45, 7) is 1.59. The highest BCUT2D eigenvalue weighted by molar-refractivity contribution is 5.93. The molecule has 0 N–H and O–H groups in total. The zero-order valence-corrected chi connectivity index (χ0v) is 8.41. The van der Waals surface area contributed by atoms with E-state index in [1.807, 2.05) is 0 Å². The average molecular weight is 226 g/mol. The first-order chi connectivity index (χ1) is 7.61. The second-order valence-electron chi connectivity index (χ2n) is 2.75. The van der Waals surface area contributed by atoms with Crippen molar-refractivity contribution >= 4 is 5.97 Å². The normalized spacial score (nSPS) is 9.94. The van der Waals surface area contributed by atoms with Gasteiger partial charge in [0.05, 0.1) is 12.2 Å². The summed E-state index contributed by atoms with van der Waals surface area (Å²) in [6, 6.07) is 2.85. The lowest BCUT2D eigenvalue weighted by Gasteiger charge is -2.08. The molecule has 1 heterocycles. The van der Waals surface area contributed by atoms with Gasteiger partial charge in [-0.25, -0.2) is 13.6 Å². The minimum absolute atomic E-state index is 0.0429. The van der Waals surface area contributed by atoms with E-state index in [2.05, 4.69) is 9.72 Å². The molecule has 0 aliphatic carbocycles. The smallest absolute Gasteiger partial charge is 0.341 e. The number of rotatable bonds is 3. The standard InChI is InChI=1S/C10H8F2N2O2/c1-2-16-10(15)7-6(5-13)3-4-14-8(7)9(11)12/h3-4,9H,2H2,1H3. The Bertz CT molecular complexity index is 441. The van der Waals surface area contributed by atoms with Gasteiger partial charge in [0.2, 0.25) is 0 Å². The van der Waals surface area contributed by atoms with Gasteiger partial charge in [-0.3, -0.25) is 4.98 Å². The molecule has 0 bridgehead atoms. The molecule has 1 rings (SSSR count). The van der Waals surface area contributed by atoms with Gasteiger partial charge in [0.1, 0.15) is 17.3 Å². The predicted octanol–water partition coefficient (Wildman–Crippen LogP) is 2.07. The molecule has 0 amide bonds. The quantitative estimate of drug-likeness (QED) is 0.740. The van der Waals surface area contributed by atoms with Crippen LogP contribution in [0.4, 0.5) is 8.78 Å². The second kappa shape index (κ2) is 5.16. The lowest BCUT2D eigenvalue weighted by atomic mass is 10.1. The zero-order chi connectivity index (χ0) is 12.1. The van der Waals surface area contributed by atoms with Crippen molar-refractivity contribution in [2.75, 3.05) is 6.61 Å². The van der Waals surface area contributed by atoms with E-state index in [-0.39, 0.29) is 12.2 Å². The van der Waals surface area contributed by atoms with E-state index < -0.39 is 23.7 Å². The predicted molar refractivity (Wildman–Crippen MR) is 49.9 cm³/mol. The summed E-state index contributed by atoms with van der Waals surface area (Å²) in [6.07, 6.45) is -1.87. The van der Waals surface area contributed by atoms with E-state index in [1.54, 1.807) is 13.0 Å². The summed E-state index contributed by atoms with van der Waals surface area (Å²) in [4.78, 5) is 14.8. The molecule has 84 valence electrons. The highest BCUT2D eigenvalue weighted by atomic mass is 19.3. The Morgan fingerprint density at radius 3 is 2.88 bits per heavy atom. The largest absolute Gasteiger partial charge is 0.462 e. The first kappa shape index (κ1) is 12.0. The summed E-state index contributed by atoms with van der Waals surface area (Å²) in [5.41, 5.74) is -1.34. The summed E-state index contributed by atoms with van der Waals surface area (Å²) in [7, 11) is 0. The van der Waals surface area contributed by atoms with Crippen molar-refractivity contribution < 1.29 is 18.3 Å². The van der Waals surface area contributed by atoms with Crippen LogP contribution in [0.2, 0.25) is 0 Å². The van der Waals surface area contributed by atoms with Gasteiger partial charge in [-0.2, -0.15) is 5.26 Å². The molecule has 6 heteroatoms. The third-order valence-electron chi connectivity index (χ3n) is 1.79. The fourth-order valence-corrected chi connectivity index (χ4v) is 1.15. The molecule has 0 atom stereocenters. The first-order valence-electron chi connectivity index (χ1n) is 4.46. The molecule has 0 saturated heterocycles. The Hall–Kier alpha value is -2.03. The van der Waals surface area contributed by atoms with Crippen LogP contribution >= 0.6 is 0 Å². The van der Waals surface area contributed by atoms with Crippen LogP contribution in [0.25, 0.3) is 0 Å². The SMILES string of the molecule is CCOC(=O)c1c(C#N)ccnc1C(F)F. The Morgan fingerprint density at radius 1 is 1.69 bits per heavy atom. The number of pyridine rings is 1. The van der Waals surface area contributed by atoms with Crippen LogP contribution in [-0.2, 0) is 4.74 Å². The van der Waals surface area contributed by atoms with Crippen molar-refractivity contribution in [1.29, 1.82) is 5.26 Å². The molecule has 0 spiro atoms. The van der Waals surface area contributed by atoms with Crippen LogP contribution < -0.4 is 0 Å². The van der Waals surface area contributed by atoms with E-state index in [0.717, 1.165) is 6.20 Å². The lowest BCUT2D eigenvalue weighted by Crippen LogP contribution is -2.12. The minimum atomic E-state index is -2.92. The van der Waals surface area contributed by atoms with Gasteiger partial charge in [0, 0.05) is 6.20 Å². The van der Waals surface area contributed by atoms with E-state index in [4.69, 9.17) is 5.26 Å². The van der Waals surface area contributed by atoms with Crippen LogP contribution in [0.5, 0.6) is 0 Å². The summed E-state index contributed by atoms with van der Waals surface area (Å²) < 4.78 is 29.7. The van der Waals surface area contributed by atoms with Crippen molar-refractivity contribution in [2.45, 2.75) is 13.3 Å². The summed E-state index contributed by atoms with van der Waals surface area (Å²) in [5.74, 6) is -0.956. The van der Waals surface area contributed by atoms with Crippen molar-refractivity contribution in [1.82, 2.24) is 4.98 Å². The molecular weight excluding hydrogens is 218 g/mol. The minimum Gasteiger partial charge on any atom is -0.462 e. The van der Waals surface area contributed by atoms with Gasteiger partial charge in [0.15, 0.2) is 0 Å². The number of esters is 1. The number of alkyl halides is 2. The first-order valence-corrected chi connectivity index (χ1v) is 4.46. The van der Waals surface area contributed by atoms with Crippen molar-refractivity contribution in [3.05, 3.63) is 29.1 Å². The Morgan fingerprint density at radius 2 is 2.38 bits per heavy atom. The number of nitriles is 1. The van der Waals surface area contributed by atoms with Gasteiger partial charge < -0.3 is 4.74 Å². The molecule has 4 nitrogen and oxygen atoms in total. The molecule has 1 aromatic heterocycles. The third kappa shape index (κ3) is 2.31. The number of ether oxygens (including phenoxy) is 1. The van der Waals surface area contributed by atoms with Crippen LogP contribution in [0.1, 0.15) is 35.0 Å². The molecular formula is C10H8F2N2O2. The van der Waals surface area contributed by atoms with E-state index >= 15 is 0 Å². The molecule has 1 aromatic rings. The molecule has 0 radical (unpaired) electrons.